The van der Waals surface area contributed by atoms with Gasteiger partial charge in [-0.2, -0.15) is 13.2 Å². The van der Waals surface area contributed by atoms with E-state index in [0.29, 0.717) is 6.07 Å². The first-order chi connectivity index (χ1) is 5.93. The van der Waals surface area contributed by atoms with Crippen LogP contribution in [0.15, 0.2) is 18.2 Å². The van der Waals surface area contributed by atoms with Gasteiger partial charge in [0.05, 0.1) is 5.56 Å². The molecule has 0 radical (unpaired) electrons. The summed E-state index contributed by atoms with van der Waals surface area (Å²) in [6.07, 6.45) is 0.285. The van der Waals surface area contributed by atoms with Crippen LogP contribution in [0, 0.1) is 18.2 Å². The number of hydrogen-bond acceptors (Lipinski definition) is 0. The molecule has 1 aromatic carbocycles. The van der Waals surface area contributed by atoms with E-state index in [-0.39, 0.29) is 5.56 Å². The molecule has 0 nitrogen and oxygen atoms in total. The van der Waals surface area contributed by atoms with Gasteiger partial charge in [0, 0.05) is 5.56 Å². The quantitative estimate of drug-likeness (QED) is 0.433. The van der Waals surface area contributed by atoms with E-state index in [4.69, 9.17) is 6.42 Å². The highest BCUT2D eigenvalue weighted by Crippen LogP contribution is 2.30. The van der Waals surface area contributed by atoms with Crippen molar-refractivity contribution in [3.8, 4) is 12.3 Å². The Morgan fingerprint density at radius 2 is 1.77 bits per heavy atom. The van der Waals surface area contributed by atoms with Gasteiger partial charge in [0.25, 0.3) is 0 Å². The largest absolute Gasteiger partial charge is 0.416 e. The lowest BCUT2D eigenvalue weighted by Crippen LogP contribution is -2.05. The van der Waals surface area contributed by atoms with E-state index in [1.54, 1.807) is 0 Å². The average molecular weight is 188 g/mol. The standard InChI is InChI=1S/C9H4F4/c1-2-6-3-7(9(11,12)13)5-8(10)4-6/h1,3-5H. The molecule has 68 valence electrons. The molecule has 0 aliphatic rings. The van der Waals surface area contributed by atoms with Gasteiger partial charge in [-0.1, -0.05) is 5.92 Å². The summed E-state index contributed by atoms with van der Waals surface area (Å²) < 4.78 is 48.7. The second kappa shape index (κ2) is 3.09. The van der Waals surface area contributed by atoms with Crippen LogP contribution >= 0.6 is 0 Å². The lowest BCUT2D eigenvalue weighted by Gasteiger charge is -2.06. The number of rotatable bonds is 0. The molecule has 4 heteroatoms. The number of hydrogen-bond donors (Lipinski definition) is 0. The van der Waals surface area contributed by atoms with Crippen LogP contribution in [0.5, 0.6) is 0 Å². The SMILES string of the molecule is C#Cc1cc(F)cc(C(F)(F)F)c1. The van der Waals surface area contributed by atoms with E-state index in [9.17, 15) is 17.6 Å². The van der Waals surface area contributed by atoms with Crippen molar-refractivity contribution in [2.45, 2.75) is 6.18 Å². The molecular formula is C9H4F4. The molecule has 0 aliphatic heterocycles. The van der Waals surface area contributed by atoms with Gasteiger partial charge in [-0.25, -0.2) is 4.39 Å². The lowest BCUT2D eigenvalue weighted by atomic mass is 10.1. The Balaban J connectivity index is 3.26. The van der Waals surface area contributed by atoms with Crippen LogP contribution < -0.4 is 0 Å². The van der Waals surface area contributed by atoms with Gasteiger partial charge in [-0.3, -0.25) is 0 Å². The Kier molecular flexibility index (Phi) is 2.28. The minimum atomic E-state index is -4.56. The smallest absolute Gasteiger partial charge is 0.207 e. The summed E-state index contributed by atoms with van der Waals surface area (Å²) in [5, 5.41) is 0. The van der Waals surface area contributed by atoms with Crippen molar-refractivity contribution < 1.29 is 17.6 Å². The molecule has 0 saturated carbocycles. The molecule has 0 amide bonds. The normalized spacial score (nSPS) is 11.0. The zero-order valence-electron chi connectivity index (χ0n) is 6.32. The van der Waals surface area contributed by atoms with Crippen LogP contribution in [0.4, 0.5) is 17.6 Å². The molecule has 13 heavy (non-hydrogen) atoms. The van der Waals surface area contributed by atoms with Gasteiger partial charge < -0.3 is 0 Å². The Bertz CT molecular complexity index is 357. The molecular weight excluding hydrogens is 184 g/mol. The Morgan fingerprint density at radius 3 is 2.23 bits per heavy atom. The van der Waals surface area contributed by atoms with Gasteiger partial charge >= 0.3 is 6.18 Å². The van der Waals surface area contributed by atoms with Crippen LogP contribution in [0.3, 0.4) is 0 Å². The van der Waals surface area contributed by atoms with E-state index in [1.807, 2.05) is 5.92 Å². The van der Waals surface area contributed by atoms with Crippen LogP contribution in [-0.4, -0.2) is 0 Å². The molecule has 0 heterocycles. The molecule has 0 aromatic heterocycles. The van der Waals surface area contributed by atoms with Gasteiger partial charge in [-0.05, 0) is 18.2 Å². The minimum absolute atomic E-state index is 0.118. The monoisotopic (exact) mass is 188 g/mol. The first-order valence-electron chi connectivity index (χ1n) is 3.28. The molecule has 0 bridgehead atoms. The Morgan fingerprint density at radius 1 is 1.15 bits per heavy atom. The number of alkyl halides is 3. The van der Waals surface area contributed by atoms with Crippen LogP contribution in [0.2, 0.25) is 0 Å². The topological polar surface area (TPSA) is 0 Å². The molecule has 1 aromatic rings. The first-order valence-corrected chi connectivity index (χ1v) is 3.28. The fourth-order valence-corrected chi connectivity index (χ4v) is 0.837. The van der Waals surface area contributed by atoms with Gasteiger partial charge in [0.1, 0.15) is 5.82 Å². The summed E-state index contributed by atoms with van der Waals surface area (Å²) in [6, 6.07) is 2.00. The Labute approximate surface area is 72.2 Å². The number of benzene rings is 1. The third-order valence-corrected chi connectivity index (χ3v) is 1.39. The number of halogens is 4. The predicted octanol–water partition coefficient (Wildman–Crippen LogP) is 2.83. The molecule has 0 fully saturated rings. The highest BCUT2D eigenvalue weighted by Gasteiger charge is 2.31. The fourth-order valence-electron chi connectivity index (χ4n) is 0.837. The van der Waals surface area contributed by atoms with Crippen molar-refractivity contribution in [2.24, 2.45) is 0 Å². The van der Waals surface area contributed by atoms with Gasteiger partial charge in [-0.15, -0.1) is 6.42 Å². The summed E-state index contributed by atoms with van der Waals surface area (Å²) in [7, 11) is 0. The van der Waals surface area contributed by atoms with E-state index in [2.05, 4.69) is 0 Å². The van der Waals surface area contributed by atoms with Crippen LogP contribution in [-0.2, 0) is 6.18 Å². The van der Waals surface area contributed by atoms with E-state index in [1.165, 1.54) is 0 Å². The second-order valence-electron chi connectivity index (χ2n) is 2.37. The molecule has 0 unspecified atom stereocenters. The summed E-state index contributed by atoms with van der Waals surface area (Å²) >= 11 is 0. The molecule has 0 aliphatic carbocycles. The average Bonchev–Trinajstić information content (AvgIpc) is 2.01. The first kappa shape index (κ1) is 9.59. The zero-order chi connectivity index (χ0) is 10.1. The maximum Gasteiger partial charge on any atom is 0.416 e. The van der Waals surface area contributed by atoms with Crippen molar-refractivity contribution >= 4 is 0 Å². The molecule has 1 rings (SSSR count). The maximum absolute atomic E-state index is 12.5. The van der Waals surface area contributed by atoms with E-state index >= 15 is 0 Å². The van der Waals surface area contributed by atoms with E-state index in [0.717, 1.165) is 12.1 Å². The Hall–Kier alpha value is -1.50. The van der Waals surface area contributed by atoms with Crippen molar-refractivity contribution in [1.82, 2.24) is 0 Å². The third-order valence-electron chi connectivity index (χ3n) is 1.39. The van der Waals surface area contributed by atoms with Crippen LogP contribution in [0.1, 0.15) is 11.1 Å². The summed E-state index contributed by atoms with van der Waals surface area (Å²) in [5.74, 6) is 0.957. The summed E-state index contributed by atoms with van der Waals surface area (Å²) in [6.45, 7) is 0. The van der Waals surface area contributed by atoms with Crippen molar-refractivity contribution in [3.63, 3.8) is 0 Å². The van der Waals surface area contributed by atoms with Gasteiger partial charge in [0.2, 0.25) is 0 Å². The number of terminal acetylenes is 1. The van der Waals surface area contributed by atoms with Crippen LogP contribution in [0.25, 0.3) is 0 Å². The lowest BCUT2D eigenvalue weighted by molar-refractivity contribution is -0.137. The molecule has 0 saturated heterocycles. The third kappa shape index (κ3) is 2.22. The van der Waals surface area contributed by atoms with Gasteiger partial charge in [0.15, 0.2) is 0 Å². The van der Waals surface area contributed by atoms with Crippen molar-refractivity contribution in [2.75, 3.05) is 0 Å². The van der Waals surface area contributed by atoms with Crippen molar-refractivity contribution in [3.05, 3.63) is 35.1 Å². The molecule has 0 atom stereocenters. The van der Waals surface area contributed by atoms with E-state index < -0.39 is 17.6 Å². The summed E-state index contributed by atoms with van der Waals surface area (Å²) in [4.78, 5) is 0. The molecule has 0 spiro atoms. The molecule has 0 N–H and O–H groups in total. The minimum Gasteiger partial charge on any atom is -0.207 e. The highest BCUT2D eigenvalue weighted by atomic mass is 19.4. The fraction of sp³-hybridized carbons (Fsp3) is 0.111. The second-order valence-corrected chi connectivity index (χ2v) is 2.37. The predicted molar refractivity (Wildman–Crippen MR) is 39.3 cm³/mol. The highest BCUT2D eigenvalue weighted by molar-refractivity contribution is 5.37. The van der Waals surface area contributed by atoms with Crippen molar-refractivity contribution in [1.29, 1.82) is 0 Å². The maximum atomic E-state index is 12.5. The zero-order valence-corrected chi connectivity index (χ0v) is 6.32. The summed E-state index contributed by atoms with van der Waals surface area (Å²) in [5.41, 5.74) is -1.19.